The van der Waals surface area contributed by atoms with Gasteiger partial charge in [-0.2, -0.15) is 0 Å². The van der Waals surface area contributed by atoms with Crippen LogP contribution in [0.3, 0.4) is 0 Å². The molecule has 0 aliphatic heterocycles. The van der Waals surface area contributed by atoms with Crippen molar-refractivity contribution < 1.29 is 23.0 Å². The van der Waals surface area contributed by atoms with Gasteiger partial charge in [0.15, 0.2) is 5.75 Å². The lowest BCUT2D eigenvalue weighted by atomic mass is 10.2. The number of aromatic hydroxyl groups is 1. The Kier molecular flexibility index (Phi) is 3.97. The molecule has 0 spiro atoms. The fourth-order valence-electron chi connectivity index (χ4n) is 1.53. The number of aromatic nitrogens is 1. The van der Waals surface area contributed by atoms with E-state index in [1.54, 1.807) is 12.1 Å². The van der Waals surface area contributed by atoms with Gasteiger partial charge in [0.05, 0.1) is 24.1 Å². The number of benzene rings is 1. The molecule has 106 valence electrons. The van der Waals surface area contributed by atoms with E-state index < -0.39 is 6.36 Å². The minimum atomic E-state index is -4.74. The summed E-state index contributed by atoms with van der Waals surface area (Å²) in [5, 5.41) is 11.9. The number of hydrogen-bond donors (Lipinski definition) is 2. The Hall–Kier alpha value is -2.44. The summed E-state index contributed by atoms with van der Waals surface area (Å²) in [6.45, 7) is 0.207. The first-order valence-electron chi connectivity index (χ1n) is 5.66. The highest BCUT2D eigenvalue weighted by Gasteiger charge is 2.32. The number of hydrogen-bond acceptors (Lipinski definition) is 4. The molecule has 0 radical (unpaired) electrons. The zero-order valence-corrected chi connectivity index (χ0v) is 10.2. The summed E-state index contributed by atoms with van der Waals surface area (Å²) in [6.07, 6.45) is -3.48. The van der Waals surface area contributed by atoms with Crippen molar-refractivity contribution >= 4 is 5.69 Å². The highest BCUT2D eigenvalue weighted by atomic mass is 19.4. The van der Waals surface area contributed by atoms with Gasteiger partial charge in [-0.1, -0.05) is 12.1 Å². The lowest BCUT2D eigenvalue weighted by Gasteiger charge is -2.14. The van der Waals surface area contributed by atoms with Gasteiger partial charge in [0, 0.05) is 0 Å². The Bertz CT molecular complexity index is 571. The number of halogens is 3. The van der Waals surface area contributed by atoms with Crippen LogP contribution in [0.25, 0.3) is 0 Å². The van der Waals surface area contributed by atoms with Gasteiger partial charge >= 0.3 is 6.36 Å². The number of nitrogens with one attached hydrogen (secondary N) is 1. The van der Waals surface area contributed by atoms with Crippen LogP contribution in [0.2, 0.25) is 0 Å². The molecule has 1 aromatic carbocycles. The minimum absolute atomic E-state index is 0.0227. The van der Waals surface area contributed by atoms with Gasteiger partial charge < -0.3 is 15.2 Å². The smallest absolute Gasteiger partial charge is 0.506 e. The second kappa shape index (κ2) is 5.68. The molecule has 0 saturated heterocycles. The average Bonchev–Trinajstić information content (AvgIpc) is 2.38. The monoisotopic (exact) mass is 284 g/mol. The summed E-state index contributed by atoms with van der Waals surface area (Å²) >= 11 is 0. The van der Waals surface area contributed by atoms with Crippen molar-refractivity contribution in [1.82, 2.24) is 4.98 Å². The van der Waals surface area contributed by atoms with Crippen LogP contribution in [0, 0.1) is 0 Å². The Labute approximate surface area is 112 Å². The van der Waals surface area contributed by atoms with E-state index in [9.17, 15) is 13.2 Å². The molecule has 20 heavy (non-hydrogen) atoms. The van der Waals surface area contributed by atoms with Gasteiger partial charge in [-0.25, -0.2) is 0 Å². The van der Waals surface area contributed by atoms with Gasteiger partial charge in [0.2, 0.25) is 0 Å². The first-order valence-corrected chi connectivity index (χ1v) is 5.66. The summed E-state index contributed by atoms with van der Waals surface area (Å²) < 4.78 is 40.6. The maximum atomic E-state index is 12.2. The average molecular weight is 284 g/mol. The molecule has 1 heterocycles. The molecule has 0 amide bonds. The van der Waals surface area contributed by atoms with Crippen molar-refractivity contribution in [2.45, 2.75) is 12.9 Å². The highest BCUT2D eigenvalue weighted by molar-refractivity contribution is 5.56. The summed E-state index contributed by atoms with van der Waals surface area (Å²) in [7, 11) is 0. The minimum Gasteiger partial charge on any atom is -0.506 e. The zero-order chi connectivity index (χ0) is 14.6. The molecule has 0 aliphatic carbocycles. The van der Waals surface area contributed by atoms with Gasteiger partial charge in [-0.15, -0.1) is 13.2 Å². The van der Waals surface area contributed by atoms with Crippen LogP contribution < -0.4 is 10.1 Å². The van der Waals surface area contributed by atoms with E-state index in [2.05, 4.69) is 15.0 Å². The van der Waals surface area contributed by atoms with Crippen molar-refractivity contribution in [2.75, 3.05) is 5.32 Å². The Balaban J connectivity index is 2.07. The number of para-hydroxylation sites is 2. The molecular weight excluding hydrogens is 273 g/mol. The third-order valence-corrected chi connectivity index (χ3v) is 2.38. The first kappa shape index (κ1) is 14.0. The van der Waals surface area contributed by atoms with Gasteiger partial charge in [-0.05, 0) is 24.3 Å². The van der Waals surface area contributed by atoms with E-state index in [4.69, 9.17) is 5.11 Å². The fourth-order valence-corrected chi connectivity index (χ4v) is 1.53. The number of alkyl halides is 3. The molecule has 0 atom stereocenters. The predicted octanol–water partition coefficient (Wildman–Crippen LogP) is 3.30. The number of anilines is 1. The number of nitrogens with zero attached hydrogens (tertiary/aromatic N) is 1. The molecule has 2 aromatic rings. The largest absolute Gasteiger partial charge is 0.573 e. The number of pyridine rings is 1. The summed E-state index contributed by atoms with van der Waals surface area (Å²) in [5.41, 5.74) is 0.782. The molecule has 1 aromatic heterocycles. The second-order valence-corrected chi connectivity index (χ2v) is 3.91. The van der Waals surface area contributed by atoms with Gasteiger partial charge in [-0.3, -0.25) is 4.98 Å². The lowest BCUT2D eigenvalue weighted by molar-refractivity contribution is -0.274. The van der Waals surface area contributed by atoms with E-state index in [0.29, 0.717) is 5.69 Å². The summed E-state index contributed by atoms with van der Waals surface area (Å²) in [6, 6.07) is 8.75. The van der Waals surface area contributed by atoms with Crippen molar-refractivity contribution in [3.63, 3.8) is 0 Å². The number of ether oxygens (including phenoxy) is 1. The molecule has 7 heteroatoms. The molecule has 0 unspecified atom stereocenters. The summed E-state index contributed by atoms with van der Waals surface area (Å²) in [5.74, 6) is -0.284. The quantitative estimate of drug-likeness (QED) is 0.904. The standard InChI is InChI=1S/C13H11F3N2O2/c14-13(15,16)20-12-4-2-1-3-11(12)18-7-9-5-6-10(19)8-17-9/h1-6,8,18-19H,7H2. The van der Waals surface area contributed by atoms with Crippen LogP contribution in [-0.2, 0) is 6.54 Å². The van der Waals surface area contributed by atoms with Crippen LogP contribution in [0.4, 0.5) is 18.9 Å². The van der Waals surface area contributed by atoms with E-state index in [1.807, 2.05) is 0 Å². The van der Waals surface area contributed by atoms with Crippen LogP contribution in [0.1, 0.15) is 5.69 Å². The Morgan fingerprint density at radius 3 is 2.55 bits per heavy atom. The van der Waals surface area contributed by atoms with E-state index in [1.165, 1.54) is 30.5 Å². The molecule has 2 rings (SSSR count). The Morgan fingerprint density at radius 2 is 1.90 bits per heavy atom. The van der Waals surface area contributed by atoms with Crippen molar-refractivity contribution in [1.29, 1.82) is 0 Å². The molecule has 0 bridgehead atoms. The fraction of sp³-hybridized carbons (Fsp3) is 0.154. The van der Waals surface area contributed by atoms with E-state index >= 15 is 0 Å². The highest BCUT2D eigenvalue weighted by Crippen LogP contribution is 2.30. The maximum absolute atomic E-state index is 12.2. The van der Waals surface area contributed by atoms with Crippen molar-refractivity contribution in [3.05, 3.63) is 48.3 Å². The molecule has 4 nitrogen and oxygen atoms in total. The van der Waals surface area contributed by atoms with Crippen LogP contribution >= 0.6 is 0 Å². The molecule has 0 fully saturated rings. The Morgan fingerprint density at radius 1 is 1.15 bits per heavy atom. The van der Waals surface area contributed by atoms with E-state index in [-0.39, 0.29) is 23.7 Å². The molecule has 2 N–H and O–H groups in total. The zero-order valence-electron chi connectivity index (χ0n) is 10.2. The first-order chi connectivity index (χ1) is 9.44. The maximum Gasteiger partial charge on any atom is 0.573 e. The van der Waals surface area contributed by atoms with Crippen LogP contribution in [-0.4, -0.2) is 16.5 Å². The summed E-state index contributed by atoms with van der Waals surface area (Å²) in [4.78, 5) is 3.92. The normalized spacial score (nSPS) is 11.2. The molecular formula is C13H11F3N2O2. The SMILES string of the molecule is Oc1ccc(CNc2ccccc2OC(F)(F)F)nc1. The van der Waals surface area contributed by atoms with Crippen molar-refractivity contribution in [3.8, 4) is 11.5 Å². The van der Waals surface area contributed by atoms with Gasteiger partial charge in [0.25, 0.3) is 0 Å². The van der Waals surface area contributed by atoms with Crippen LogP contribution in [0.15, 0.2) is 42.6 Å². The third kappa shape index (κ3) is 4.04. The van der Waals surface area contributed by atoms with Crippen LogP contribution in [0.5, 0.6) is 11.5 Å². The molecule has 0 saturated carbocycles. The topological polar surface area (TPSA) is 54.4 Å². The van der Waals surface area contributed by atoms with Gasteiger partial charge in [0.1, 0.15) is 5.75 Å². The number of rotatable bonds is 4. The second-order valence-electron chi connectivity index (χ2n) is 3.91. The van der Waals surface area contributed by atoms with E-state index in [0.717, 1.165) is 0 Å². The lowest BCUT2D eigenvalue weighted by Crippen LogP contribution is -2.18. The third-order valence-electron chi connectivity index (χ3n) is 2.38. The van der Waals surface area contributed by atoms with Crippen molar-refractivity contribution in [2.24, 2.45) is 0 Å². The predicted molar refractivity (Wildman–Crippen MR) is 66.4 cm³/mol. The molecule has 0 aliphatic rings.